The topological polar surface area (TPSA) is 55.1 Å². The Balaban J connectivity index is 1.90. The van der Waals surface area contributed by atoms with E-state index in [-0.39, 0.29) is 23.6 Å². The Morgan fingerprint density at radius 2 is 2.04 bits per heavy atom. The molecule has 0 saturated heterocycles. The van der Waals surface area contributed by atoms with Gasteiger partial charge in [-0.05, 0) is 50.3 Å². The summed E-state index contributed by atoms with van der Waals surface area (Å²) in [4.78, 5) is 16.6. The van der Waals surface area contributed by atoms with Gasteiger partial charge in [0.1, 0.15) is 16.7 Å². The Bertz CT molecular complexity index is 823. The van der Waals surface area contributed by atoms with E-state index in [1.165, 1.54) is 17.8 Å². The number of benzene rings is 1. The van der Waals surface area contributed by atoms with Crippen molar-refractivity contribution in [2.45, 2.75) is 49.4 Å². The fourth-order valence-electron chi connectivity index (χ4n) is 3.13. The zero-order chi connectivity index (χ0) is 17.8. The number of halogens is 2. The molecule has 1 heterocycles. The van der Waals surface area contributed by atoms with Gasteiger partial charge in [-0.2, -0.15) is 4.98 Å². The monoisotopic (exact) mass is 366 g/mol. The van der Waals surface area contributed by atoms with Gasteiger partial charge in [0, 0.05) is 35.7 Å². The maximum absolute atomic E-state index is 13.8. The molecule has 0 spiro atoms. The first-order valence-corrected chi connectivity index (χ1v) is 9.39. The van der Waals surface area contributed by atoms with Crippen molar-refractivity contribution in [1.29, 1.82) is 0 Å². The maximum atomic E-state index is 13.8. The molecule has 4 nitrogen and oxygen atoms in total. The summed E-state index contributed by atoms with van der Waals surface area (Å²) in [5.41, 5.74) is 1.93. The van der Waals surface area contributed by atoms with Crippen LogP contribution in [-0.2, 0) is 25.1 Å². The highest BCUT2D eigenvalue weighted by molar-refractivity contribution is 7.98. The van der Waals surface area contributed by atoms with Crippen molar-refractivity contribution in [1.82, 2.24) is 9.55 Å². The average Bonchev–Trinajstić information content (AvgIpc) is 2.61. The number of rotatable bonds is 6. The minimum absolute atomic E-state index is 0.0244. The average molecular weight is 366 g/mol. The van der Waals surface area contributed by atoms with E-state index in [0.717, 1.165) is 49.1 Å². The Labute approximate surface area is 148 Å². The van der Waals surface area contributed by atoms with Crippen molar-refractivity contribution in [3.05, 3.63) is 57.1 Å². The molecule has 3 rings (SSSR count). The number of aliphatic hydroxyl groups excluding tert-OH is 1. The van der Waals surface area contributed by atoms with Crippen LogP contribution in [-0.4, -0.2) is 21.3 Å². The molecule has 0 aliphatic heterocycles. The van der Waals surface area contributed by atoms with E-state index >= 15 is 0 Å². The first-order chi connectivity index (χ1) is 12.1. The third-order valence-corrected chi connectivity index (χ3v) is 5.43. The van der Waals surface area contributed by atoms with Gasteiger partial charge in [0.05, 0.1) is 0 Å². The lowest BCUT2D eigenvalue weighted by molar-refractivity contribution is 0.277. The zero-order valence-electron chi connectivity index (χ0n) is 13.8. The van der Waals surface area contributed by atoms with Crippen LogP contribution in [0.25, 0.3) is 0 Å². The second kappa shape index (κ2) is 8.10. The Hall–Kier alpha value is -1.73. The lowest BCUT2D eigenvalue weighted by Crippen LogP contribution is -2.30. The predicted octanol–water partition coefficient (Wildman–Crippen LogP) is 3.08. The van der Waals surface area contributed by atoms with Crippen molar-refractivity contribution in [3.8, 4) is 0 Å². The largest absolute Gasteiger partial charge is 0.396 e. The van der Waals surface area contributed by atoms with E-state index in [1.807, 2.05) is 0 Å². The van der Waals surface area contributed by atoms with Crippen LogP contribution in [0.2, 0.25) is 0 Å². The summed E-state index contributed by atoms with van der Waals surface area (Å²) in [5.74, 6) is -0.714. The number of aromatic nitrogens is 2. The van der Waals surface area contributed by atoms with Crippen LogP contribution < -0.4 is 5.69 Å². The maximum Gasteiger partial charge on any atom is 0.348 e. The third-order valence-electron chi connectivity index (χ3n) is 4.36. The second-order valence-corrected chi connectivity index (χ2v) is 7.05. The molecule has 0 atom stereocenters. The van der Waals surface area contributed by atoms with Gasteiger partial charge in [0.2, 0.25) is 0 Å². The van der Waals surface area contributed by atoms with Crippen LogP contribution in [0.1, 0.15) is 36.1 Å². The first kappa shape index (κ1) is 18.1. The summed E-state index contributed by atoms with van der Waals surface area (Å²) in [5, 5.41) is 9.64. The molecule has 0 radical (unpaired) electrons. The van der Waals surface area contributed by atoms with Gasteiger partial charge in [-0.3, -0.25) is 4.57 Å². The Morgan fingerprint density at radius 3 is 2.84 bits per heavy atom. The van der Waals surface area contributed by atoms with Gasteiger partial charge in [-0.15, -0.1) is 11.8 Å². The van der Waals surface area contributed by atoms with Crippen molar-refractivity contribution in [2.24, 2.45) is 0 Å². The zero-order valence-corrected chi connectivity index (χ0v) is 14.6. The van der Waals surface area contributed by atoms with E-state index in [2.05, 4.69) is 4.98 Å². The first-order valence-electron chi connectivity index (χ1n) is 8.40. The molecule has 1 aromatic heterocycles. The van der Waals surface area contributed by atoms with Gasteiger partial charge in [0.25, 0.3) is 0 Å². The fraction of sp³-hybridized carbons (Fsp3) is 0.444. The summed E-state index contributed by atoms with van der Waals surface area (Å²) >= 11 is 1.28. The summed E-state index contributed by atoms with van der Waals surface area (Å²) in [6, 6.07) is 3.38. The molecule has 134 valence electrons. The van der Waals surface area contributed by atoms with Crippen LogP contribution in [0.4, 0.5) is 8.78 Å². The minimum atomic E-state index is -0.480. The van der Waals surface area contributed by atoms with E-state index in [4.69, 9.17) is 5.11 Å². The molecular weight excluding hydrogens is 346 g/mol. The molecule has 0 bridgehead atoms. The van der Waals surface area contributed by atoms with E-state index < -0.39 is 11.6 Å². The standard InChI is InChI=1S/C18H20F2N2O2S/c19-13-6-7-15(20)12(10-13)11-25-17-14-4-1-2-5-16(14)22(8-3-9-23)18(24)21-17/h6-7,10,23H,1-5,8-9,11H2. The Kier molecular flexibility index (Phi) is 5.86. The number of hydrogen-bond donors (Lipinski definition) is 1. The normalized spacial score (nSPS) is 13.7. The number of thioether (sulfide) groups is 1. The predicted molar refractivity (Wildman–Crippen MR) is 92.8 cm³/mol. The van der Waals surface area contributed by atoms with E-state index in [1.54, 1.807) is 4.57 Å². The highest BCUT2D eigenvalue weighted by atomic mass is 32.2. The van der Waals surface area contributed by atoms with Crippen LogP contribution in [0, 0.1) is 11.6 Å². The van der Waals surface area contributed by atoms with Crippen molar-refractivity contribution < 1.29 is 13.9 Å². The third kappa shape index (κ3) is 4.10. The van der Waals surface area contributed by atoms with Crippen LogP contribution in [0.3, 0.4) is 0 Å². The molecule has 1 aliphatic carbocycles. The summed E-state index contributed by atoms with van der Waals surface area (Å²) in [6.07, 6.45) is 4.18. The molecule has 7 heteroatoms. The molecule has 0 unspecified atom stereocenters. The van der Waals surface area contributed by atoms with Crippen molar-refractivity contribution >= 4 is 11.8 Å². The lowest BCUT2D eigenvalue weighted by Gasteiger charge is -2.22. The molecule has 25 heavy (non-hydrogen) atoms. The second-order valence-electron chi connectivity index (χ2n) is 6.09. The minimum Gasteiger partial charge on any atom is -0.396 e. The van der Waals surface area contributed by atoms with Crippen LogP contribution >= 0.6 is 11.8 Å². The molecule has 1 aliphatic rings. The summed E-state index contributed by atoms with van der Waals surface area (Å²) < 4.78 is 28.8. The van der Waals surface area contributed by atoms with Crippen LogP contribution in [0.15, 0.2) is 28.0 Å². The molecule has 1 aromatic carbocycles. The molecular formula is C18H20F2N2O2S. The number of hydrogen-bond acceptors (Lipinski definition) is 4. The fourth-order valence-corrected chi connectivity index (χ4v) is 4.18. The van der Waals surface area contributed by atoms with Gasteiger partial charge in [-0.25, -0.2) is 13.6 Å². The molecule has 0 saturated carbocycles. The summed E-state index contributed by atoms with van der Waals surface area (Å²) in [7, 11) is 0. The van der Waals surface area contributed by atoms with Crippen LogP contribution in [0.5, 0.6) is 0 Å². The molecule has 0 fully saturated rings. The van der Waals surface area contributed by atoms with Crippen molar-refractivity contribution in [2.75, 3.05) is 6.61 Å². The van der Waals surface area contributed by atoms with Gasteiger partial charge in [-0.1, -0.05) is 0 Å². The smallest absolute Gasteiger partial charge is 0.348 e. The highest BCUT2D eigenvalue weighted by Gasteiger charge is 2.20. The number of fused-ring (bicyclic) bond motifs is 1. The lowest BCUT2D eigenvalue weighted by atomic mass is 9.97. The van der Waals surface area contributed by atoms with Gasteiger partial charge >= 0.3 is 5.69 Å². The van der Waals surface area contributed by atoms with Crippen molar-refractivity contribution in [3.63, 3.8) is 0 Å². The van der Waals surface area contributed by atoms with E-state index in [9.17, 15) is 13.6 Å². The highest BCUT2D eigenvalue weighted by Crippen LogP contribution is 2.31. The SMILES string of the molecule is O=c1nc(SCc2cc(F)ccc2F)c2c(n1CCCO)CCCC2. The van der Waals surface area contributed by atoms with E-state index in [0.29, 0.717) is 18.0 Å². The molecule has 1 N–H and O–H groups in total. The summed E-state index contributed by atoms with van der Waals surface area (Å²) in [6.45, 7) is 0.477. The van der Waals surface area contributed by atoms with Gasteiger partial charge < -0.3 is 5.11 Å². The quantitative estimate of drug-likeness (QED) is 0.631. The number of aliphatic hydroxyl groups is 1. The number of nitrogens with zero attached hydrogens (tertiary/aromatic N) is 2. The molecule has 0 amide bonds. The van der Waals surface area contributed by atoms with Gasteiger partial charge in [0.15, 0.2) is 0 Å². The molecule has 2 aromatic rings. The Morgan fingerprint density at radius 1 is 1.24 bits per heavy atom.